The summed E-state index contributed by atoms with van der Waals surface area (Å²) in [6.07, 6.45) is 9.84. The molecule has 1 aliphatic rings. The smallest absolute Gasteiger partial charge is 0.0847 e. The van der Waals surface area contributed by atoms with E-state index in [9.17, 15) is 0 Å². The molecule has 1 unspecified atom stereocenters. The van der Waals surface area contributed by atoms with Gasteiger partial charge in [0, 0.05) is 7.11 Å². The van der Waals surface area contributed by atoms with Gasteiger partial charge in [-0.15, -0.1) is 0 Å². The highest BCUT2D eigenvalue weighted by atomic mass is 16.5. The van der Waals surface area contributed by atoms with E-state index in [0.717, 1.165) is 25.7 Å². The van der Waals surface area contributed by atoms with E-state index < -0.39 is 0 Å². The van der Waals surface area contributed by atoms with Crippen molar-refractivity contribution in [3.8, 4) is 0 Å². The fourth-order valence-electron chi connectivity index (χ4n) is 3.45. The van der Waals surface area contributed by atoms with E-state index in [1.54, 1.807) is 0 Å². The van der Waals surface area contributed by atoms with Crippen LogP contribution in [0.2, 0.25) is 0 Å². The predicted molar refractivity (Wildman–Crippen MR) is 72.6 cm³/mol. The van der Waals surface area contributed by atoms with Gasteiger partial charge in [0.05, 0.1) is 11.6 Å². The third-order valence-corrected chi connectivity index (χ3v) is 4.62. The standard InChI is InChI=1S/C14H30N2O/c1-4-12(5-2)13(16-15)14(17-3)10-8-6-7-9-11-14/h12-13,16H,4-11,15H2,1-3H3. The van der Waals surface area contributed by atoms with Crippen molar-refractivity contribution in [3.63, 3.8) is 0 Å². The summed E-state index contributed by atoms with van der Waals surface area (Å²) in [7, 11) is 1.86. The van der Waals surface area contributed by atoms with Gasteiger partial charge >= 0.3 is 0 Å². The quantitative estimate of drug-likeness (QED) is 0.427. The Labute approximate surface area is 106 Å². The van der Waals surface area contributed by atoms with Crippen molar-refractivity contribution in [2.45, 2.75) is 76.9 Å². The molecule has 3 N–H and O–H groups in total. The minimum absolute atomic E-state index is 0.0397. The number of methoxy groups -OCH3 is 1. The van der Waals surface area contributed by atoms with Crippen molar-refractivity contribution in [1.82, 2.24) is 5.43 Å². The molecule has 1 saturated carbocycles. The molecule has 0 radical (unpaired) electrons. The van der Waals surface area contributed by atoms with E-state index >= 15 is 0 Å². The molecule has 0 bridgehead atoms. The van der Waals surface area contributed by atoms with E-state index in [1.165, 1.54) is 25.7 Å². The first-order chi connectivity index (χ1) is 8.24. The second-order valence-corrected chi connectivity index (χ2v) is 5.40. The van der Waals surface area contributed by atoms with E-state index in [1.807, 2.05) is 7.11 Å². The van der Waals surface area contributed by atoms with Crippen LogP contribution in [0.3, 0.4) is 0 Å². The molecule has 0 saturated heterocycles. The van der Waals surface area contributed by atoms with Crippen LogP contribution in [0.4, 0.5) is 0 Å². The van der Waals surface area contributed by atoms with Crippen LogP contribution in [-0.4, -0.2) is 18.8 Å². The van der Waals surface area contributed by atoms with E-state index in [0.29, 0.717) is 12.0 Å². The lowest BCUT2D eigenvalue weighted by Crippen LogP contribution is -2.57. The van der Waals surface area contributed by atoms with E-state index in [2.05, 4.69) is 19.3 Å². The largest absolute Gasteiger partial charge is 0.377 e. The molecule has 1 atom stereocenters. The Morgan fingerprint density at radius 3 is 2.00 bits per heavy atom. The maximum atomic E-state index is 5.95. The topological polar surface area (TPSA) is 47.3 Å². The molecule has 3 heteroatoms. The maximum absolute atomic E-state index is 5.95. The van der Waals surface area contributed by atoms with Crippen LogP contribution in [0.5, 0.6) is 0 Å². The predicted octanol–water partition coefficient (Wildman–Crippen LogP) is 2.99. The summed E-state index contributed by atoms with van der Waals surface area (Å²) in [6.45, 7) is 4.50. The van der Waals surface area contributed by atoms with Gasteiger partial charge in [-0.2, -0.15) is 0 Å². The second kappa shape index (κ2) is 7.34. The first kappa shape index (κ1) is 14.9. The molecule has 3 nitrogen and oxygen atoms in total. The number of hydrogen-bond acceptors (Lipinski definition) is 3. The number of rotatable bonds is 6. The molecule has 0 aromatic carbocycles. The molecule has 1 aliphatic carbocycles. The summed E-state index contributed by atoms with van der Waals surface area (Å²) in [5, 5.41) is 0. The van der Waals surface area contributed by atoms with E-state index in [-0.39, 0.29) is 5.60 Å². The monoisotopic (exact) mass is 242 g/mol. The Morgan fingerprint density at radius 1 is 1.12 bits per heavy atom. The Bertz CT molecular complexity index is 196. The molecule has 1 fully saturated rings. The van der Waals surface area contributed by atoms with Crippen LogP contribution >= 0.6 is 0 Å². The normalized spacial score (nSPS) is 22.4. The fraction of sp³-hybridized carbons (Fsp3) is 1.00. The van der Waals surface area contributed by atoms with Crippen LogP contribution in [0, 0.1) is 5.92 Å². The average Bonchev–Trinajstić information content (AvgIpc) is 2.62. The van der Waals surface area contributed by atoms with Crippen molar-refractivity contribution in [2.24, 2.45) is 11.8 Å². The van der Waals surface area contributed by atoms with Gasteiger partial charge in [-0.25, -0.2) is 0 Å². The van der Waals surface area contributed by atoms with Gasteiger partial charge in [-0.05, 0) is 18.8 Å². The lowest BCUT2D eigenvalue weighted by Gasteiger charge is -2.42. The molecule has 17 heavy (non-hydrogen) atoms. The number of hydrazine groups is 1. The SMILES string of the molecule is CCC(CC)C(NN)C1(OC)CCCCCC1. The molecule has 0 spiro atoms. The summed E-state index contributed by atoms with van der Waals surface area (Å²) in [4.78, 5) is 0. The number of ether oxygens (including phenoxy) is 1. The summed E-state index contributed by atoms with van der Waals surface area (Å²) < 4.78 is 5.95. The summed E-state index contributed by atoms with van der Waals surface area (Å²) in [5.41, 5.74) is 3.03. The van der Waals surface area contributed by atoms with E-state index in [4.69, 9.17) is 10.6 Å². The zero-order valence-electron chi connectivity index (χ0n) is 11.8. The summed E-state index contributed by atoms with van der Waals surface area (Å²) in [6, 6.07) is 0.292. The van der Waals surface area contributed by atoms with Crippen molar-refractivity contribution < 1.29 is 4.74 Å². The van der Waals surface area contributed by atoms with Gasteiger partial charge in [0.1, 0.15) is 0 Å². The molecule has 0 aliphatic heterocycles. The Kier molecular flexibility index (Phi) is 6.45. The Hall–Kier alpha value is -0.120. The fourth-order valence-corrected chi connectivity index (χ4v) is 3.45. The van der Waals surface area contributed by atoms with Gasteiger partial charge < -0.3 is 4.74 Å². The van der Waals surface area contributed by atoms with Gasteiger partial charge in [0.25, 0.3) is 0 Å². The zero-order valence-corrected chi connectivity index (χ0v) is 11.8. The van der Waals surface area contributed by atoms with Gasteiger partial charge in [0.2, 0.25) is 0 Å². The summed E-state index contributed by atoms with van der Waals surface area (Å²) in [5.74, 6) is 6.45. The van der Waals surface area contributed by atoms with Crippen LogP contribution in [0.25, 0.3) is 0 Å². The molecular weight excluding hydrogens is 212 g/mol. The highest BCUT2D eigenvalue weighted by Crippen LogP contribution is 2.37. The van der Waals surface area contributed by atoms with Crippen molar-refractivity contribution in [3.05, 3.63) is 0 Å². The molecule has 102 valence electrons. The summed E-state index contributed by atoms with van der Waals surface area (Å²) >= 11 is 0. The maximum Gasteiger partial charge on any atom is 0.0847 e. The molecule has 0 heterocycles. The van der Waals surface area contributed by atoms with Gasteiger partial charge in [-0.3, -0.25) is 11.3 Å². The number of hydrogen-bond donors (Lipinski definition) is 2. The van der Waals surface area contributed by atoms with Crippen LogP contribution in [0.1, 0.15) is 65.2 Å². The lowest BCUT2D eigenvalue weighted by atomic mass is 9.77. The van der Waals surface area contributed by atoms with Crippen LogP contribution < -0.4 is 11.3 Å². The van der Waals surface area contributed by atoms with Gasteiger partial charge in [0.15, 0.2) is 0 Å². The van der Waals surface area contributed by atoms with Crippen molar-refractivity contribution >= 4 is 0 Å². The molecule has 0 amide bonds. The van der Waals surface area contributed by atoms with Crippen LogP contribution in [-0.2, 0) is 4.74 Å². The zero-order chi connectivity index (χ0) is 12.7. The molecule has 0 aromatic rings. The minimum Gasteiger partial charge on any atom is -0.377 e. The Balaban J connectivity index is 2.85. The highest BCUT2D eigenvalue weighted by molar-refractivity contribution is 4.96. The second-order valence-electron chi connectivity index (χ2n) is 5.40. The van der Waals surface area contributed by atoms with Crippen molar-refractivity contribution in [2.75, 3.05) is 7.11 Å². The molecule has 1 rings (SSSR count). The first-order valence-corrected chi connectivity index (χ1v) is 7.25. The third kappa shape index (κ3) is 3.43. The minimum atomic E-state index is -0.0397. The highest BCUT2D eigenvalue weighted by Gasteiger charge is 2.41. The first-order valence-electron chi connectivity index (χ1n) is 7.25. The number of nitrogens with two attached hydrogens (primary N) is 1. The average molecular weight is 242 g/mol. The third-order valence-electron chi connectivity index (χ3n) is 4.62. The molecular formula is C14H30N2O. The Morgan fingerprint density at radius 2 is 1.65 bits per heavy atom. The van der Waals surface area contributed by atoms with Crippen molar-refractivity contribution in [1.29, 1.82) is 0 Å². The lowest BCUT2D eigenvalue weighted by molar-refractivity contribution is -0.0690. The van der Waals surface area contributed by atoms with Crippen LogP contribution in [0.15, 0.2) is 0 Å². The number of nitrogens with one attached hydrogen (secondary N) is 1. The van der Waals surface area contributed by atoms with Gasteiger partial charge in [-0.1, -0.05) is 52.4 Å². The molecule has 0 aromatic heterocycles.